The maximum Gasteiger partial charge on any atom is 0.532 e. The van der Waals surface area contributed by atoms with Gasteiger partial charge >= 0.3 is 20.7 Å². The van der Waals surface area contributed by atoms with Crippen LogP contribution in [-0.4, -0.2) is 78.7 Å². The Morgan fingerprint density at radius 2 is 1.19 bits per heavy atom. The summed E-state index contributed by atoms with van der Waals surface area (Å²) < 4.78 is 27.4. The van der Waals surface area contributed by atoms with Crippen molar-refractivity contribution in [1.29, 1.82) is 0 Å². The van der Waals surface area contributed by atoms with Crippen LogP contribution in [0.5, 0.6) is 0 Å². The molecule has 184 valence electrons. The fraction of sp³-hybridized carbons (Fsp3) is 0.700. The van der Waals surface area contributed by atoms with E-state index in [1.807, 2.05) is 0 Å². The monoisotopic (exact) mass is 476 g/mol. The average Bonchev–Trinajstić information content (AvgIpc) is 2.73. The third-order valence-electron chi connectivity index (χ3n) is 4.15. The molecular formula is C20H36N2O9Si. The van der Waals surface area contributed by atoms with Crippen LogP contribution in [0.15, 0.2) is 11.3 Å². The molecule has 2 N–H and O–H groups in total. The molecule has 0 fully saturated rings. The lowest BCUT2D eigenvalue weighted by molar-refractivity contribution is -0.145. The molecule has 0 spiro atoms. The summed E-state index contributed by atoms with van der Waals surface area (Å²) in [5.41, 5.74) is 0. The molecule has 2 unspecified atom stereocenters. The van der Waals surface area contributed by atoms with Crippen molar-refractivity contribution in [3.63, 3.8) is 0 Å². The zero-order valence-corrected chi connectivity index (χ0v) is 20.9. The molecule has 0 aliphatic rings. The molecule has 12 heteroatoms. The summed E-state index contributed by atoms with van der Waals surface area (Å²) in [6.45, 7) is 8.68. The summed E-state index contributed by atoms with van der Waals surface area (Å²) >= 11 is 0. The van der Waals surface area contributed by atoms with Gasteiger partial charge in [0.05, 0.1) is 14.2 Å². The van der Waals surface area contributed by atoms with Crippen molar-refractivity contribution in [2.45, 2.75) is 59.5 Å². The van der Waals surface area contributed by atoms with Gasteiger partial charge in [-0.3, -0.25) is 9.59 Å². The molecule has 0 aliphatic heterocycles. The van der Waals surface area contributed by atoms with E-state index in [9.17, 15) is 19.2 Å². The Hall–Kier alpha value is -2.28. The second kappa shape index (κ2) is 15.5. The summed E-state index contributed by atoms with van der Waals surface area (Å²) in [5.74, 6) is -2.14. The number of carbonyl (C=O) groups is 4. The van der Waals surface area contributed by atoms with E-state index in [-0.39, 0.29) is 32.7 Å². The first-order valence-corrected chi connectivity index (χ1v) is 12.1. The maximum absolute atomic E-state index is 12.3. The van der Waals surface area contributed by atoms with Crippen LogP contribution < -0.4 is 10.6 Å². The quantitative estimate of drug-likeness (QED) is 0.257. The number of esters is 2. The molecule has 0 saturated heterocycles. The molecule has 0 aliphatic carbocycles. The minimum Gasteiger partial charge on any atom is -0.467 e. The molecule has 0 radical (unpaired) electrons. The van der Waals surface area contributed by atoms with Gasteiger partial charge in [-0.1, -0.05) is 6.08 Å². The molecule has 0 heterocycles. The van der Waals surface area contributed by atoms with E-state index in [1.54, 1.807) is 26.8 Å². The van der Waals surface area contributed by atoms with Gasteiger partial charge in [0.15, 0.2) is 0 Å². The molecule has 32 heavy (non-hydrogen) atoms. The minimum atomic E-state index is -3.51. The van der Waals surface area contributed by atoms with Crippen molar-refractivity contribution in [1.82, 2.24) is 10.6 Å². The zero-order chi connectivity index (χ0) is 24.7. The normalized spacial score (nSPS) is 13.7. The molecule has 0 bridgehead atoms. The van der Waals surface area contributed by atoms with E-state index in [4.69, 9.17) is 22.8 Å². The van der Waals surface area contributed by atoms with Crippen LogP contribution in [0, 0.1) is 0 Å². The number of ether oxygens (including phenoxy) is 2. The molecule has 2 amide bonds. The molecule has 0 saturated carbocycles. The van der Waals surface area contributed by atoms with Crippen LogP contribution in [0.4, 0.5) is 0 Å². The Kier molecular flexibility index (Phi) is 14.4. The topological polar surface area (TPSA) is 138 Å². The van der Waals surface area contributed by atoms with Crippen LogP contribution in [0.1, 0.15) is 47.5 Å². The Morgan fingerprint density at radius 3 is 1.56 bits per heavy atom. The fourth-order valence-corrected chi connectivity index (χ4v) is 5.74. The second-order valence-electron chi connectivity index (χ2n) is 6.58. The van der Waals surface area contributed by atoms with Crippen LogP contribution in [0.3, 0.4) is 0 Å². The zero-order valence-electron chi connectivity index (χ0n) is 19.9. The standard InChI is InChI=1S/C20H36N2O9Si/c1-8-29-32(30-9-2,31-10-3)16(13-18(20(26)28-7)22-15(5)24)11-12-17(19(25)27-6)21-14(4)23/h11,17-18H,8-10,12-13H2,1-7H3,(H,21,23)(H,22,24). The SMILES string of the molecule is CCO[Si](OCC)(OCC)C(=CCC(NC(C)=O)C(=O)OC)CC(NC(C)=O)C(=O)OC. The van der Waals surface area contributed by atoms with E-state index in [0.717, 1.165) is 0 Å². The molecule has 0 aromatic rings. The van der Waals surface area contributed by atoms with Crippen molar-refractivity contribution in [2.75, 3.05) is 34.0 Å². The van der Waals surface area contributed by atoms with Gasteiger partial charge in [0.25, 0.3) is 0 Å². The summed E-state index contributed by atoms with van der Waals surface area (Å²) in [7, 11) is -1.09. The van der Waals surface area contributed by atoms with Crippen molar-refractivity contribution in [2.24, 2.45) is 0 Å². The summed E-state index contributed by atoms with van der Waals surface area (Å²) in [5, 5.41) is 5.54. The molecular weight excluding hydrogens is 440 g/mol. The Balaban J connectivity index is 6.40. The number of carbonyl (C=O) groups excluding carboxylic acids is 4. The first kappa shape index (κ1) is 29.7. The van der Waals surface area contributed by atoms with Crippen LogP contribution in [0.2, 0.25) is 0 Å². The lowest BCUT2D eigenvalue weighted by atomic mass is 10.1. The van der Waals surface area contributed by atoms with Crippen molar-refractivity contribution in [3.05, 3.63) is 11.3 Å². The van der Waals surface area contributed by atoms with E-state index >= 15 is 0 Å². The Bertz CT molecular complexity index is 652. The van der Waals surface area contributed by atoms with Crippen LogP contribution in [-0.2, 0) is 41.9 Å². The lowest BCUT2D eigenvalue weighted by Gasteiger charge is -2.32. The maximum atomic E-state index is 12.3. The highest BCUT2D eigenvalue weighted by Crippen LogP contribution is 2.26. The number of nitrogens with one attached hydrogen (secondary N) is 2. The number of hydrogen-bond donors (Lipinski definition) is 2. The largest absolute Gasteiger partial charge is 0.532 e. The highest BCUT2D eigenvalue weighted by molar-refractivity contribution is 6.68. The van der Waals surface area contributed by atoms with Gasteiger partial charge in [-0.25, -0.2) is 9.59 Å². The second-order valence-corrected chi connectivity index (χ2v) is 9.20. The predicted molar refractivity (Wildman–Crippen MR) is 117 cm³/mol. The first-order valence-electron chi connectivity index (χ1n) is 10.4. The fourth-order valence-electron chi connectivity index (χ4n) is 2.97. The summed E-state index contributed by atoms with van der Waals surface area (Å²) in [6, 6.07) is -2.00. The third-order valence-corrected chi connectivity index (χ3v) is 7.35. The van der Waals surface area contributed by atoms with Gasteiger partial charge in [-0.2, -0.15) is 0 Å². The predicted octanol–water partition coefficient (Wildman–Crippen LogP) is 0.636. The molecule has 0 rings (SSSR count). The summed E-state index contributed by atoms with van der Waals surface area (Å²) in [4.78, 5) is 47.7. The average molecular weight is 477 g/mol. The number of amides is 2. The molecule has 11 nitrogen and oxygen atoms in total. The number of hydrogen-bond acceptors (Lipinski definition) is 9. The highest BCUT2D eigenvalue weighted by Gasteiger charge is 2.46. The third kappa shape index (κ3) is 9.89. The van der Waals surface area contributed by atoms with Gasteiger partial charge in [-0.05, 0) is 32.4 Å². The van der Waals surface area contributed by atoms with E-state index in [1.165, 1.54) is 28.1 Å². The smallest absolute Gasteiger partial charge is 0.467 e. The molecule has 0 aromatic heterocycles. The minimum absolute atomic E-state index is 0.0253. The number of rotatable bonds is 15. The van der Waals surface area contributed by atoms with Gasteiger partial charge < -0.3 is 33.4 Å². The Morgan fingerprint density at radius 1 is 0.781 bits per heavy atom. The van der Waals surface area contributed by atoms with Gasteiger partial charge in [0.1, 0.15) is 12.1 Å². The van der Waals surface area contributed by atoms with Gasteiger partial charge in [0.2, 0.25) is 11.8 Å². The highest BCUT2D eigenvalue weighted by atomic mass is 28.4. The first-order chi connectivity index (χ1) is 15.1. The molecule has 2 atom stereocenters. The van der Waals surface area contributed by atoms with Crippen molar-refractivity contribution in [3.8, 4) is 0 Å². The Labute approximate surface area is 190 Å². The van der Waals surface area contributed by atoms with Crippen LogP contribution >= 0.6 is 0 Å². The lowest BCUT2D eigenvalue weighted by Crippen LogP contribution is -2.51. The molecule has 0 aromatic carbocycles. The van der Waals surface area contributed by atoms with Crippen molar-refractivity contribution >= 4 is 32.6 Å². The van der Waals surface area contributed by atoms with E-state index < -0.39 is 44.6 Å². The van der Waals surface area contributed by atoms with Crippen molar-refractivity contribution < 1.29 is 41.9 Å². The van der Waals surface area contributed by atoms with E-state index in [0.29, 0.717) is 5.20 Å². The van der Waals surface area contributed by atoms with Gasteiger partial charge in [0, 0.05) is 40.1 Å². The van der Waals surface area contributed by atoms with Crippen LogP contribution in [0.25, 0.3) is 0 Å². The van der Waals surface area contributed by atoms with E-state index in [2.05, 4.69) is 10.6 Å². The number of methoxy groups -OCH3 is 2. The summed E-state index contributed by atoms with van der Waals surface area (Å²) in [6.07, 6.45) is 1.62. The van der Waals surface area contributed by atoms with Gasteiger partial charge in [-0.15, -0.1) is 0 Å².